The van der Waals surface area contributed by atoms with Crippen LogP contribution in [0.5, 0.6) is 0 Å². The highest BCUT2D eigenvalue weighted by Crippen LogP contribution is 2.27. The summed E-state index contributed by atoms with van der Waals surface area (Å²) in [4.78, 5) is 2.42. The summed E-state index contributed by atoms with van der Waals surface area (Å²) in [6, 6.07) is 0. The zero-order chi connectivity index (χ0) is 14.2. The van der Waals surface area contributed by atoms with Crippen LogP contribution < -0.4 is 0 Å². The summed E-state index contributed by atoms with van der Waals surface area (Å²) in [6.07, 6.45) is 11.0. The molecule has 0 amide bonds. The van der Waals surface area contributed by atoms with Crippen molar-refractivity contribution < 1.29 is 0 Å². The van der Waals surface area contributed by atoms with Crippen LogP contribution in [-0.2, 0) is 0 Å². The molecule has 0 spiro atoms. The maximum atomic E-state index is 3.24. The van der Waals surface area contributed by atoms with E-state index in [1.165, 1.54) is 44.1 Å². The van der Waals surface area contributed by atoms with Crippen molar-refractivity contribution in [3.05, 3.63) is 11.6 Å². The standard InChI is InChI=1S/C17H34N/c1-8-16(4)12-10-14-17(5,18(6)7)13-9-11-15(2)3/h15H,9-14H2,1-7H3/t17-/m0/s1. The van der Waals surface area contributed by atoms with E-state index in [0.717, 1.165) is 5.92 Å². The Morgan fingerprint density at radius 3 is 2.17 bits per heavy atom. The van der Waals surface area contributed by atoms with Crippen LogP contribution in [0.1, 0.15) is 73.1 Å². The Morgan fingerprint density at radius 1 is 1.17 bits per heavy atom. The van der Waals surface area contributed by atoms with Crippen molar-refractivity contribution in [1.29, 1.82) is 0 Å². The number of rotatable bonds is 9. The molecule has 1 nitrogen and oxygen atoms in total. The first-order valence-electron chi connectivity index (χ1n) is 7.49. The molecular formula is C17H34N. The first-order chi connectivity index (χ1) is 8.31. The Morgan fingerprint density at radius 2 is 1.72 bits per heavy atom. The van der Waals surface area contributed by atoms with E-state index in [1.54, 1.807) is 0 Å². The lowest BCUT2D eigenvalue weighted by atomic mass is 9.86. The zero-order valence-corrected chi connectivity index (χ0v) is 13.8. The van der Waals surface area contributed by atoms with Gasteiger partial charge in [0.1, 0.15) is 0 Å². The molecule has 0 aliphatic carbocycles. The number of nitrogens with zero attached hydrogens (tertiary/aromatic N) is 1. The van der Waals surface area contributed by atoms with E-state index < -0.39 is 0 Å². The number of allylic oxidation sites excluding steroid dienone is 2. The van der Waals surface area contributed by atoms with Gasteiger partial charge in [-0.1, -0.05) is 32.3 Å². The fourth-order valence-electron chi connectivity index (χ4n) is 2.32. The summed E-state index contributed by atoms with van der Waals surface area (Å²) >= 11 is 0. The van der Waals surface area contributed by atoms with Gasteiger partial charge in [-0.05, 0) is 72.5 Å². The van der Waals surface area contributed by atoms with Gasteiger partial charge in [0.2, 0.25) is 0 Å². The molecule has 1 heteroatoms. The van der Waals surface area contributed by atoms with Crippen LogP contribution in [-0.4, -0.2) is 24.5 Å². The molecule has 0 aliphatic heterocycles. The highest BCUT2D eigenvalue weighted by molar-refractivity contribution is 4.92. The van der Waals surface area contributed by atoms with Crippen molar-refractivity contribution >= 4 is 0 Å². The van der Waals surface area contributed by atoms with E-state index in [4.69, 9.17) is 0 Å². The van der Waals surface area contributed by atoms with E-state index in [2.05, 4.69) is 52.8 Å². The van der Waals surface area contributed by atoms with Crippen LogP contribution in [0.15, 0.2) is 5.57 Å². The smallest absolute Gasteiger partial charge is 0.0175 e. The molecule has 0 bridgehead atoms. The molecule has 0 aromatic heterocycles. The van der Waals surface area contributed by atoms with Crippen LogP contribution in [0, 0.1) is 12.0 Å². The minimum Gasteiger partial charge on any atom is -0.304 e. The van der Waals surface area contributed by atoms with Gasteiger partial charge in [0.05, 0.1) is 0 Å². The average Bonchev–Trinajstić information content (AvgIpc) is 2.28. The fourth-order valence-corrected chi connectivity index (χ4v) is 2.32. The monoisotopic (exact) mass is 252 g/mol. The Hall–Kier alpha value is -0.300. The molecule has 1 radical (unpaired) electrons. The predicted octanol–water partition coefficient (Wildman–Crippen LogP) is 5.07. The van der Waals surface area contributed by atoms with E-state index in [0.29, 0.717) is 5.54 Å². The lowest BCUT2D eigenvalue weighted by Gasteiger charge is -2.37. The molecule has 107 valence electrons. The molecule has 1 atom stereocenters. The van der Waals surface area contributed by atoms with Crippen LogP contribution in [0.3, 0.4) is 0 Å². The first kappa shape index (κ1) is 17.7. The lowest BCUT2D eigenvalue weighted by molar-refractivity contribution is 0.139. The molecule has 0 aromatic rings. The average molecular weight is 252 g/mol. The summed E-state index contributed by atoms with van der Waals surface area (Å²) < 4.78 is 0. The molecule has 18 heavy (non-hydrogen) atoms. The SMILES string of the molecule is C/[C]=C(\C)CCC[C@](C)(CCCC(C)C)N(C)C. The zero-order valence-electron chi connectivity index (χ0n) is 13.8. The van der Waals surface area contributed by atoms with Gasteiger partial charge in [0, 0.05) is 5.54 Å². The van der Waals surface area contributed by atoms with Gasteiger partial charge in [-0.3, -0.25) is 0 Å². The minimum atomic E-state index is 0.364. The molecule has 0 heterocycles. The van der Waals surface area contributed by atoms with Crippen molar-refractivity contribution in [1.82, 2.24) is 4.90 Å². The topological polar surface area (TPSA) is 3.24 Å². The van der Waals surface area contributed by atoms with Crippen molar-refractivity contribution in [2.45, 2.75) is 78.7 Å². The maximum absolute atomic E-state index is 3.24. The van der Waals surface area contributed by atoms with Crippen molar-refractivity contribution in [2.75, 3.05) is 14.1 Å². The van der Waals surface area contributed by atoms with E-state index in [1.807, 2.05) is 6.92 Å². The summed E-state index contributed by atoms with van der Waals surface area (Å²) in [5.41, 5.74) is 1.77. The van der Waals surface area contributed by atoms with Gasteiger partial charge in [0.25, 0.3) is 0 Å². The Balaban J connectivity index is 4.17. The quantitative estimate of drug-likeness (QED) is 0.553. The molecule has 0 fully saturated rings. The third-order valence-corrected chi connectivity index (χ3v) is 4.27. The molecule has 0 N–H and O–H groups in total. The van der Waals surface area contributed by atoms with Crippen LogP contribution >= 0.6 is 0 Å². The second kappa shape index (κ2) is 8.74. The van der Waals surface area contributed by atoms with Crippen molar-refractivity contribution in [2.24, 2.45) is 5.92 Å². The highest BCUT2D eigenvalue weighted by atomic mass is 15.1. The van der Waals surface area contributed by atoms with Crippen molar-refractivity contribution in [3.63, 3.8) is 0 Å². The maximum Gasteiger partial charge on any atom is 0.0175 e. The van der Waals surface area contributed by atoms with Gasteiger partial charge in [-0.2, -0.15) is 0 Å². The summed E-state index contributed by atoms with van der Waals surface area (Å²) in [6.45, 7) is 11.3. The fraction of sp³-hybridized carbons (Fsp3) is 0.882. The van der Waals surface area contributed by atoms with Gasteiger partial charge in [-0.25, -0.2) is 0 Å². The van der Waals surface area contributed by atoms with Crippen molar-refractivity contribution in [3.8, 4) is 0 Å². The first-order valence-corrected chi connectivity index (χ1v) is 7.49. The summed E-state index contributed by atoms with van der Waals surface area (Å²) in [5.74, 6) is 0.830. The van der Waals surface area contributed by atoms with Gasteiger partial charge < -0.3 is 4.90 Å². The van der Waals surface area contributed by atoms with Gasteiger partial charge in [-0.15, -0.1) is 0 Å². The molecular weight excluding hydrogens is 218 g/mol. The Labute approximate surface area is 116 Å². The summed E-state index contributed by atoms with van der Waals surface area (Å²) in [7, 11) is 4.45. The van der Waals surface area contributed by atoms with E-state index >= 15 is 0 Å². The van der Waals surface area contributed by atoms with Gasteiger partial charge in [0.15, 0.2) is 0 Å². The Bertz CT molecular complexity index is 240. The minimum absolute atomic E-state index is 0.364. The second-order valence-electron chi connectivity index (χ2n) is 6.56. The van der Waals surface area contributed by atoms with Crippen LogP contribution in [0.2, 0.25) is 0 Å². The number of hydrogen-bond acceptors (Lipinski definition) is 1. The van der Waals surface area contributed by atoms with Crippen LogP contribution in [0.25, 0.3) is 0 Å². The summed E-state index contributed by atoms with van der Waals surface area (Å²) in [5, 5.41) is 0. The second-order valence-corrected chi connectivity index (χ2v) is 6.56. The molecule has 0 rings (SSSR count). The molecule has 0 unspecified atom stereocenters. The molecule has 0 saturated carbocycles. The number of hydrogen-bond donors (Lipinski definition) is 0. The molecule has 0 saturated heterocycles. The van der Waals surface area contributed by atoms with Gasteiger partial charge >= 0.3 is 0 Å². The van der Waals surface area contributed by atoms with E-state index in [-0.39, 0.29) is 0 Å². The van der Waals surface area contributed by atoms with E-state index in [9.17, 15) is 0 Å². The third-order valence-electron chi connectivity index (χ3n) is 4.27. The largest absolute Gasteiger partial charge is 0.304 e. The Kier molecular flexibility index (Phi) is 8.60. The normalized spacial score (nSPS) is 16.4. The predicted molar refractivity (Wildman–Crippen MR) is 82.7 cm³/mol. The lowest BCUT2D eigenvalue weighted by Crippen LogP contribution is -2.41. The third kappa shape index (κ3) is 7.20. The highest BCUT2D eigenvalue weighted by Gasteiger charge is 2.25. The van der Waals surface area contributed by atoms with Crippen LogP contribution in [0.4, 0.5) is 0 Å². The molecule has 0 aliphatic rings. The molecule has 0 aromatic carbocycles.